The van der Waals surface area contributed by atoms with Crippen LogP contribution in [0.3, 0.4) is 0 Å². The highest BCUT2D eigenvalue weighted by molar-refractivity contribution is 5.93. The Bertz CT molecular complexity index is 755. The molecule has 0 aliphatic rings. The van der Waals surface area contributed by atoms with Gasteiger partial charge in [0.05, 0.1) is 19.8 Å². The van der Waals surface area contributed by atoms with Gasteiger partial charge < -0.3 is 9.47 Å². The summed E-state index contributed by atoms with van der Waals surface area (Å²) in [6.45, 7) is 0. The fraction of sp³-hybridized carbons (Fsp3) is 0.111. The predicted octanol–water partition coefficient (Wildman–Crippen LogP) is 0.661. The SMILES string of the molecule is COc1ccc(/C=C/C(=O)O[NH+]=C(N)c2ccccc2)cc1OC. The zero-order chi connectivity index (χ0) is 17.4. The Hall–Kier alpha value is -3.28. The van der Waals surface area contributed by atoms with Gasteiger partial charge in [-0.15, -0.1) is 0 Å². The molecule has 0 aliphatic heterocycles. The number of amidine groups is 1. The van der Waals surface area contributed by atoms with Crippen LogP contribution in [0.25, 0.3) is 6.08 Å². The first-order valence-electron chi connectivity index (χ1n) is 7.19. The Kier molecular flexibility index (Phi) is 5.96. The second kappa shape index (κ2) is 8.38. The minimum Gasteiger partial charge on any atom is -0.493 e. The van der Waals surface area contributed by atoms with Gasteiger partial charge in [0, 0.05) is 6.08 Å². The Morgan fingerprint density at radius 3 is 2.42 bits per heavy atom. The molecule has 24 heavy (non-hydrogen) atoms. The third-order valence-corrected chi connectivity index (χ3v) is 3.17. The number of hydrogen-bond acceptors (Lipinski definition) is 4. The van der Waals surface area contributed by atoms with Gasteiger partial charge in [-0.05, 0) is 35.9 Å². The molecule has 0 radical (unpaired) electrons. The van der Waals surface area contributed by atoms with Crippen LogP contribution in [0.4, 0.5) is 0 Å². The third kappa shape index (κ3) is 4.61. The number of nitrogens with two attached hydrogens (primary N) is 1. The molecule has 2 aromatic carbocycles. The van der Waals surface area contributed by atoms with Crippen molar-refractivity contribution in [2.24, 2.45) is 5.73 Å². The van der Waals surface area contributed by atoms with E-state index < -0.39 is 5.97 Å². The highest BCUT2D eigenvalue weighted by atomic mass is 16.7. The van der Waals surface area contributed by atoms with Crippen molar-refractivity contribution in [2.45, 2.75) is 0 Å². The molecule has 0 amide bonds. The van der Waals surface area contributed by atoms with Crippen LogP contribution in [0, 0.1) is 0 Å². The van der Waals surface area contributed by atoms with E-state index in [1.165, 1.54) is 6.08 Å². The minimum atomic E-state index is -0.580. The van der Waals surface area contributed by atoms with Crippen molar-refractivity contribution in [3.05, 3.63) is 65.7 Å². The van der Waals surface area contributed by atoms with E-state index in [1.54, 1.807) is 50.6 Å². The maximum atomic E-state index is 11.7. The van der Waals surface area contributed by atoms with Crippen LogP contribution in [0.5, 0.6) is 11.5 Å². The number of carbonyl (C=O) groups is 1. The molecule has 6 heteroatoms. The number of methoxy groups -OCH3 is 2. The van der Waals surface area contributed by atoms with Crippen LogP contribution < -0.4 is 20.4 Å². The molecular weight excluding hydrogens is 308 g/mol. The van der Waals surface area contributed by atoms with Gasteiger partial charge >= 0.3 is 11.8 Å². The van der Waals surface area contributed by atoms with Gasteiger partial charge in [-0.1, -0.05) is 29.4 Å². The third-order valence-electron chi connectivity index (χ3n) is 3.17. The summed E-state index contributed by atoms with van der Waals surface area (Å²) in [6, 6.07) is 14.4. The Labute approximate surface area is 140 Å². The lowest BCUT2D eigenvalue weighted by molar-refractivity contribution is -0.722. The highest BCUT2D eigenvalue weighted by Crippen LogP contribution is 2.27. The molecule has 2 rings (SSSR count). The normalized spacial score (nSPS) is 11.3. The molecule has 0 fully saturated rings. The molecule has 0 unspecified atom stereocenters. The predicted molar refractivity (Wildman–Crippen MR) is 90.4 cm³/mol. The minimum absolute atomic E-state index is 0.253. The van der Waals surface area contributed by atoms with Gasteiger partial charge in [-0.3, -0.25) is 10.6 Å². The van der Waals surface area contributed by atoms with E-state index in [2.05, 4.69) is 5.16 Å². The van der Waals surface area contributed by atoms with Crippen LogP contribution in [0.15, 0.2) is 54.6 Å². The summed E-state index contributed by atoms with van der Waals surface area (Å²) < 4.78 is 10.4. The van der Waals surface area contributed by atoms with Crippen LogP contribution >= 0.6 is 0 Å². The summed E-state index contributed by atoms with van der Waals surface area (Å²) in [6.07, 6.45) is 2.89. The van der Waals surface area contributed by atoms with E-state index in [9.17, 15) is 4.79 Å². The smallest absolute Gasteiger partial charge is 0.380 e. The van der Waals surface area contributed by atoms with Crippen LogP contribution in [0.2, 0.25) is 0 Å². The van der Waals surface area contributed by atoms with Crippen LogP contribution in [-0.4, -0.2) is 26.0 Å². The van der Waals surface area contributed by atoms with Crippen molar-refractivity contribution in [2.75, 3.05) is 14.2 Å². The van der Waals surface area contributed by atoms with Crippen LogP contribution in [0.1, 0.15) is 11.1 Å². The number of benzene rings is 2. The first kappa shape index (κ1) is 17.1. The molecule has 6 nitrogen and oxygen atoms in total. The Morgan fingerprint density at radius 1 is 1.04 bits per heavy atom. The largest absolute Gasteiger partial charge is 0.493 e. The van der Waals surface area contributed by atoms with Crippen LogP contribution in [-0.2, 0) is 9.63 Å². The number of nitrogens with one attached hydrogen (secondary N) is 1. The number of nitrogen functional groups attached to an aromatic ring is 1. The maximum Gasteiger partial charge on any atom is 0.380 e. The summed E-state index contributed by atoms with van der Waals surface area (Å²) in [5, 5.41) is 2.42. The second-order valence-corrected chi connectivity index (χ2v) is 4.75. The van der Waals surface area contributed by atoms with Gasteiger partial charge in [0.2, 0.25) is 0 Å². The summed E-state index contributed by atoms with van der Waals surface area (Å²) in [5.74, 6) is 0.865. The van der Waals surface area contributed by atoms with E-state index in [0.717, 1.165) is 11.1 Å². The summed E-state index contributed by atoms with van der Waals surface area (Å²) in [4.78, 5) is 16.6. The van der Waals surface area contributed by atoms with Gasteiger partial charge in [0.15, 0.2) is 11.5 Å². The quantitative estimate of drug-likeness (QED) is 0.268. The summed E-state index contributed by atoms with van der Waals surface area (Å²) in [5.41, 5.74) is 7.29. The van der Waals surface area contributed by atoms with E-state index in [1.807, 2.05) is 18.2 Å². The average molecular weight is 327 g/mol. The first-order chi connectivity index (χ1) is 11.6. The first-order valence-corrected chi connectivity index (χ1v) is 7.19. The zero-order valence-corrected chi connectivity index (χ0v) is 13.5. The lowest BCUT2D eigenvalue weighted by Crippen LogP contribution is -2.75. The second-order valence-electron chi connectivity index (χ2n) is 4.75. The molecule has 0 atom stereocenters. The molecule has 0 spiro atoms. The monoisotopic (exact) mass is 327 g/mol. The lowest BCUT2D eigenvalue weighted by Gasteiger charge is -2.07. The standard InChI is InChI=1S/C18H18N2O4/c1-22-15-10-8-13(12-16(15)23-2)9-11-17(21)24-20-18(19)14-6-4-3-5-7-14/h3-12H,1-2H3,(H2,19,20)/p+1/b11-9+. The van der Waals surface area contributed by atoms with Crippen molar-refractivity contribution < 1.29 is 24.3 Å². The average Bonchev–Trinajstić information content (AvgIpc) is 2.64. The summed E-state index contributed by atoms with van der Waals surface area (Å²) in [7, 11) is 3.11. The van der Waals surface area contributed by atoms with Gasteiger partial charge in [0.1, 0.15) is 0 Å². The van der Waals surface area contributed by atoms with Gasteiger partial charge in [-0.2, -0.15) is 0 Å². The molecule has 3 N–H and O–H groups in total. The Balaban J connectivity index is 2.00. The number of hydrogen-bond donors (Lipinski definition) is 2. The molecule has 124 valence electrons. The van der Waals surface area contributed by atoms with Crippen molar-refractivity contribution in [3.63, 3.8) is 0 Å². The van der Waals surface area contributed by atoms with E-state index in [4.69, 9.17) is 20.0 Å². The van der Waals surface area contributed by atoms with E-state index in [-0.39, 0.29) is 5.84 Å². The molecular formula is C18H19N2O4+. The lowest BCUT2D eigenvalue weighted by atomic mass is 10.2. The van der Waals surface area contributed by atoms with Gasteiger partial charge in [-0.25, -0.2) is 4.79 Å². The number of ether oxygens (including phenoxy) is 2. The van der Waals surface area contributed by atoms with Crippen molar-refractivity contribution in [1.29, 1.82) is 0 Å². The molecule has 0 heterocycles. The number of carbonyl (C=O) groups excluding carboxylic acids is 1. The summed E-state index contributed by atoms with van der Waals surface area (Å²) >= 11 is 0. The fourth-order valence-electron chi connectivity index (χ4n) is 1.94. The number of rotatable bonds is 6. The zero-order valence-electron chi connectivity index (χ0n) is 13.5. The molecule has 0 saturated heterocycles. The van der Waals surface area contributed by atoms with Crippen molar-refractivity contribution >= 4 is 17.9 Å². The molecule has 0 aromatic heterocycles. The van der Waals surface area contributed by atoms with Crippen molar-refractivity contribution in [1.82, 2.24) is 0 Å². The van der Waals surface area contributed by atoms with E-state index >= 15 is 0 Å². The van der Waals surface area contributed by atoms with Crippen molar-refractivity contribution in [3.8, 4) is 11.5 Å². The molecule has 0 bridgehead atoms. The Morgan fingerprint density at radius 2 is 1.75 bits per heavy atom. The molecule has 2 aromatic rings. The van der Waals surface area contributed by atoms with Gasteiger partial charge in [0.25, 0.3) is 0 Å². The molecule has 0 aliphatic carbocycles. The maximum absolute atomic E-state index is 11.7. The van der Waals surface area contributed by atoms with E-state index in [0.29, 0.717) is 11.5 Å². The fourth-order valence-corrected chi connectivity index (χ4v) is 1.94. The highest BCUT2D eigenvalue weighted by Gasteiger charge is 2.06. The molecule has 0 saturated carbocycles. The topological polar surface area (TPSA) is 84.8 Å².